The van der Waals surface area contributed by atoms with Crippen LogP contribution in [0.15, 0.2) is 36.7 Å². The van der Waals surface area contributed by atoms with Crippen molar-refractivity contribution >= 4 is 0 Å². The maximum Gasteiger partial charge on any atom is 0.0349 e. The maximum atomic E-state index is 4.23. The molecular weight excluding hydrogens is 232 g/mol. The van der Waals surface area contributed by atoms with Crippen LogP contribution in [0.2, 0.25) is 0 Å². The quantitative estimate of drug-likeness (QED) is 0.896. The lowest BCUT2D eigenvalue weighted by Gasteiger charge is -2.12. The molecule has 0 atom stereocenters. The first kappa shape index (κ1) is 13.8. The molecule has 2 heteroatoms. The molecule has 100 valence electrons. The van der Waals surface area contributed by atoms with Crippen LogP contribution >= 0.6 is 0 Å². The molecule has 1 aromatic heterocycles. The van der Waals surface area contributed by atoms with Gasteiger partial charge >= 0.3 is 0 Å². The minimum Gasteiger partial charge on any atom is -0.310 e. The SMILES string of the molecule is Cc1cc(CNC(C)C)ccc1-c1cnccc1C. The van der Waals surface area contributed by atoms with Crippen LogP contribution in [0.25, 0.3) is 11.1 Å². The van der Waals surface area contributed by atoms with Crippen molar-refractivity contribution in [2.45, 2.75) is 40.3 Å². The van der Waals surface area contributed by atoms with Gasteiger partial charge in [-0.1, -0.05) is 32.0 Å². The Bertz CT molecular complexity index is 559. The van der Waals surface area contributed by atoms with Crippen molar-refractivity contribution in [2.24, 2.45) is 0 Å². The number of nitrogens with one attached hydrogen (secondary N) is 1. The lowest BCUT2D eigenvalue weighted by atomic mass is 9.97. The molecule has 0 aliphatic heterocycles. The second kappa shape index (κ2) is 5.98. The molecule has 0 aliphatic carbocycles. The van der Waals surface area contributed by atoms with Crippen molar-refractivity contribution in [1.29, 1.82) is 0 Å². The number of hydrogen-bond acceptors (Lipinski definition) is 2. The third kappa shape index (κ3) is 3.42. The average molecular weight is 254 g/mol. The van der Waals surface area contributed by atoms with Crippen molar-refractivity contribution < 1.29 is 0 Å². The first-order valence-corrected chi connectivity index (χ1v) is 6.82. The van der Waals surface area contributed by atoms with E-state index in [0.717, 1.165) is 6.54 Å². The standard InChI is InChI=1S/C17H22N2/c1-12(2)19-10-15-5-6-16(14(4)9-15)17-11-18-8-7-13(17)3/h5-9,11-12,19H,10H2,1-4H3. The van der Waals surface area contributed by atoms with Gasteiger partial charge in [0.25, 0.3) is 0 Å². The molecule has 0 aliphatic rings. The lowest BCUT2D eigenvalue weighted by molar-refractivity contribution is 0.589. The Hall–Kier alpha value is -1.67. The molecule has 0 unspecified atom stereocenters. The Morgan fingerprint density at radius 3 is 2.47 bits per heavy atom. The van der Waals surface area contributed by atoms with Crippen LogP contribution in [-0.4, -0.2) is 11.0 Å². The molecule has 0 saturated carbocycles. The van der Waals surface area contributed by atoms with Gasteiger partial charge in [0.1, 0.15) is 0 Å². The second-order valence-corrected chi connectivity index (χ2v) is 5.38. The zero-order valence-electron chi connectivity index (χ0n) is 12.2. The second-order valence-electron chi connectivity index (χ2n) is 5.38. The van der Waals surface area contributed by atoms with Gasteiger partial charge in [-0.3, -0.25) is 4.98 Å². The van der Waals surface area contributed by atoms with Crippen LogP contribution in [0.1, 0.15) is 30.5 Å². The van der Waals surface area contributed by atoms with Gasteiger partial charge in [-0.25, -0.2) is 0 Å². The van der Waals surface area contributed by atoms with Gasteiger partial charge in [-0.2, -0.15) is 0 Å². The van der Waals surface area contributed by atoms with Crippen LogP contribution in [-0.2, 0) is 6.54 Å². The maximum absolute atomic E-state index is 4.23. The van der Waals surface area contributed by atoms with Crippen molar-refractivity contribution in [1.82, 2.24) is 10.3 Å². The van der Waals surface area contributed by atoms with Crippen LogP contribution in [0.5, 0.6) is 0 Å². The number of aromatic nitrogens is 1. The molecule has 2 aromatic rings. The van der Waals surface area contributed by atoms with Gasteiger partial charge in [-0.15, -0.1) is 0 Å². The summed E-state index contributed by atoms with van der Waals surface area (Å²) < 4.78 is 0. The zero-order chi connectivity index (χ0) is 13.8. The number of benzene rings is 1. The highest BCUT2D eigenvalue weighted by Gasteiger charge is 2.06. The Balaban J connectivity index is 2.27. The summed E-state index contributed by atoms with van der Waals surface area (Å²) in [7, 11) is 0. The third-order valence-electron chi connectivity index (χ3n) is 3.33. The van der Waals surface area contributed by atoms with E-state index in [4.69, 9.17) is 0 Å². The van der Waals surface area contributed by atoms with Crippen LogP contribution in [0.4, 0.5) is 0 Å². The van der Waals surface area contributed by atoms with Crippen molar-refractivity contribution in [2.75, 3.05) is 0 Å². The summed E-state index contributed by atoms with van der Waals surface area (Å²) in [6, 6.07) is 9.24. The molecule has 0 fully saturated rings. The van der Waals surface area contributed by atoms with E-state index in [9.17, 15) is 0 Å². The minimum absolute atomic E-state index is 0.514. The molecule has 1 N–H and O–H groups in total. The van der Waals surface area contributed by atoms with E-state index in [-0.39, 0.29) is 0 Å². The van der Waals surface area contributed by atoms with E-state index >= 15 is 0 Å². The lowest BCUT2D eigenvalue weighted by Crippen LogP contribution is -2.21. The van der Waals surface area contributed by atoms with E-state index < -0.39 is 0 Å². The van der Waals surface area contributed by atoms with Crippen molar-refractivity contribution in [3.05, 3.63) is 53.3 Å². The number of hydrogen-bond donors (Lipinski definition) is 1. The number of rotatable bonds is 4. The van der Waals surface area contributed by atoms with Gasteiger partial charge in [0.05, 0.1) is 0 Å². The zero-order valence-corrected chi connectivity index (χ0v) is 12.2. The molecule has 0 spiro atoms. The van der Waals surface area contributed by atoms with Gasteiger partial charge in [0.2, 0.25) is 0 Å². The van der Waals surface area contributed by atoms with E-state index in [1.54, 1.807) is 0 Å². The molecule has 0 amide bonds. The van der Waals surface area contributed by atoms with Crippen molar-refractivity contribution in [3.8, 4) is 11.1 Å². The molecule has 19 heavy (non-hydrogen) atoms. The van der Waals surface area contributed by atoms with Gasteiger partial charge in [0.15, 0.2) is 0 Å². The minimum atomic E-state index is 0.514. The fourth-order valence-electron chi connectivity index (χ4n) is 2.21. The average Bonchev–Trinajstić information content (AvgIpc) is 2.38. The molecule has 2 nitrogen and oxygen atoms in total. The summed E-state index contributed by atoms with van der Waals surface area (Å²) in [4.78, 5) is 4.23. The number of aryl methyl sites for hydroxylation is 2. The van der Waals surface area contributed by atoms with E-state index in [1.165, 1.54) is 27.8 Å². The van der Waals surface area contributed by atoms with Crippen LogP contribution in [0.3, 0.4) is 0 Å². The normalized spacial score (nSPS) is 11.0. The highest BCUT2D eigenvalue weighted by Crippen LogP contribution is 2.26. The van der Waals surface area contributed by atoms with E-state index in [2.05, 4.69) is 62.3 Å². The Kier molecular flexibility index (Phi) is 4.33. The smallest absolute Gasteiger partial charge is 0.0349 e. The predicted molar refractivity (Wildman–Crippen MR) is 81.1 cm³/mol. The van der Waals surface area contributed by atoms with Gasteiger partial charge < -0.3 is 5.32 Å². The van der Waals surface area contributed by atoms with Gasteiger partial charge in [0, 0.05) is 30.5 Å². The Morgan fingerprint density at radius 1 is 1.05 bits per heavy atom. The molecule has 1 heterocycles. The highest BCUT2D eigenvalue weighted by atomic mass is 14.9. The monoisotopic (exact) mass is 254 g/mol. The van der Waals surface area contributed by atoms with E-state index in [1.807, 2.05) is 12.4 Å². The molecular formula is C17H22N2. The van der Waals surface area contributed by atoms with Crippen LogP contribution in [0, 0.1) is 13.8 Å². The fourth-order valence-corrected chi connectivity index (χ4v) is 2.21. The fraction of sp³-hybridized carbons (Fsp3) is 0.353. The Labute approximate surface area is 115 Å². The molecule has 2 rings (SSSR count). The van der Waals surface area contributed by atoms with Gasteiger partial charge in [-0.05, 0) is 42.2 Å². The summed E-state index contributed by atoms with van der Waals surface area (Å²) in [5.74, 6) is 0. The highest BCUT2D eigenvalue weighted by molar-refractivity contribution is 5.69. The number of pyridine rings is 1. The van der Waals surface area contributed by atoms with Crippen LogP contribution < -0.4 is 5.32 Å². The van der Waals surface area contributed by atoms with Crippen molar-refractivity contribution in [3.63, 3.8) is 0 Å². The molecule has 0 bridgehead atoms. The largest absolute Gasteiger partial charge is 0.310 e. The summed E-state index contributed by atoms with van der Waals surface area (Å²) in [6.07, 6.45) is 3.79. The molecule has 0 radical (unpaired) electrons. The third-order valence-corrected chi connectivity index (χ3v) is 3.33. The Morgan fingerprint density at radius 2 is 1.84 bits per heavy atom. The summed E-state index contributed by atoms with van der Waals surface area (Å²) in [6.45, 7) is 9.55. The topological polar surface area (TPSA) is 24.9 Å². The summed E-state index contributed by atoms with van der Waals surface area (Å²) in [5, 5.41) is 3.45. The molecule has 1 aromatic carbocycles. The predicted octanol–water partition coefficient (Wildman–Crippen LogP) is 3.86. The van der Waals surface area contributed by atoms with E-state index in [0.29, 0.717) is 6.04 Å². The summed E-state index contributed by atoms with van der Waals surface area (Å²) in [5.41, 5.74) is 6.41. The first-order valence-electron chi connectivity index (χ1n) is 6.82. The molecule has 0 saturated heterocycles. The summed E-state index contributed by atoms with van der Waals surface area (Å²) >= 11 is 0. The first-order chi connectivity index (χ1) is 9.08. The number of nitrogens with zero attached hydrogens (tertiary/aromatic N) is 1.